The molecule has 24 heavy (non-hydrogen) atoms. The third-order valence-electron chi connectivity index (χ3n) is 5.01. The molecular weight excluding hydrogens is 366 g/mol. The third kappa shape index (κ3) is 2.55. The summed E-state index contributed by atoms with van der Waals surface area (Å²) in [5, 5.41) is 3.68. The Morgan fingerprint density at radius 3 is 2.75 bits per heavy atom. The smallest absolute Gasteiger partial charge is 0.337 e. The Morgan fingerprint density at radius 1 is 1.21 bits per heavy atom. The molecule has 1 heterocycles. The van der Waals surface area contributed by atoms with E-state index in [2.05, 4.69) is 57.7 Å². The Balaban J connectivity index is 1.74. The van der Waals surface area contributed by atoms with E-state index in [1.165, 1.54) is 18.2 Å². The first kappa shape index (κ1) is 15.5. The maximum Gasteiger partial charge on any atom is 0.337 e. The van der Waals surface area contributed by atoms with E-state index < -0.39 is 0 Å². The first-order chi connectivity index (χ1) is 11.7. The van der Waals surface area contributed by atoms with Gasteiger partial charge in [-0.2, -0.15) is 0 Å². The molecule has 4 rings (SSSR count). The van der Waals surface area contributed by atoms with E-state index in [-0.39, 0.29) is 12.0 Å². The lowest BCUT2D eigenvalue weighted by molar-refractivity contribution is 0.0600. The molecule has 0 saturated carbocycles. The van der Waals surface area contributed by atoms with Gasteiger partial charge in [-0.3, -0.25) is 0 Å². The summed E-state index contributed by atoms with van der Waals surface area (Å²) in [4.78, 5) is 11.8. The lowest BCUT2D eigenvalue weighted by Crippen LogP contribution is -2.29. The molecular formula is C20H18BrNO2. The minimum atomic E-state index is -0.286. The van der Waals surface area contributed by atoms with Crippen LogP contribution in [0.3, 0.4) is 0 Å². The highest BCUT2D eigenvalue weighted by Crippen LogP contribution is 2.50. The molecule has 1 aliphatic heterocycles. The monoisotopic (exact) mass is 383 g/mol. The van der Waals surface area contributed by atoms with Crippen LogP contribution in [0, 0.1) is 5.92 Å². The zero-order valence-corrected chi connectivity index (χ0v) is 14.9. The molecule has 0 unspecified atom stereocenters. The average Bonchev–Trinajstić information content (AvgIpc) is 3.11. The second kappa shape index (κ2) is 6.10. The van der Waals surface area contributed by atoms with Crippen LogP contribution in [0.1, 0.15) is 39.9 Å². The summed E-state index contributed by atoms with van der Waals surface area (Å²) >= 11 is 3.50. The number of rotatable bonds is 2. The number of esters is 1. The van der Waals surface area contributed by atoms with Crippen LogP contribution in [0.5, 0.6) is 0 Å². The van der Waals surface area contributed by atoms with Crippen LogP contribution < -0.4 is 5.32 Å². The molecule has 0 amide bonds. The van der Waals surface area contributed by atoms with Crippen molar-refractivity contribution in [2.75, 3.05) is 12.4 Å². The van der Waals surface area contributed by atoms with Gasteiger partial charge in [0.1, 0.15) is 0 Å². The van der Waals surface area contributed by atoms with Gasteiger partial charge in [0.15, 0.2) is 0 Å². The van der Waals surface area contributed by atoms with Gasteiger partial charge in [0.25, 0.3) is 0 Å². The van der Waals surface area contributed by atoms with Crippen LogP contribution >= 0.6 is 15.9 Å². The lowest BCUT2D eigenvalue weighted by atomic mass is 9.76. The van der Waals surface area contributed by atoms with Crippen molar-refractivity contribution in [3.63, 3.8) is 0 Å². The van der Waals surface area contributed by atoms with Crippen LogP contribution in [0.15, 0.2) is 59.1 Å². The van der Waals surface area contributed by atoms with Gasteiger partial charge in [-0.25, -0.2) is 4.79 Å². The fourth-order valence-electron chi connectivity index (χ4n) is 3.84. The zero-order valence-electron chi connectivity index (χ0n) is 13.3. The number of anilines is 1. The number of benzene rings is 2. The van der Waals surface area contributed by atoms with Crippen LogP contribution in [-0.4, -0.2) is 13.1 Å². The highest BCUT2D eigenvalue weighted by Gasteiger charge is 2.38. The largest absolute Gasteiger partial charge is 0.465 e. The molecule has 122 valence electrons. The molecule has 0 bridgehead atoms. The summed E-state index contributed by atoms with van der Waals surface area (Å²) in [6, 6.07) is 14.6. The second-order valence-electron chi connectivity index (χ2n) is 6.32. The molecule has 0 saturated heterocycles. The molecule has 4 heteroatoms. The van der Waals surface area contributed by atoms with E-state index in [0.29, 0.717) is 17.4 Å². The lowest BCUT2D eigenvalue weighted by Gasteiger charge is -2.37. The second-order valence-corrected chi connectivity index (χ2v) is 7.24. The van der Waals surface area contributed by atoms with E-state index in [4.69, 9.17) is 4.74 Å². The number of ether oxygens (including phenoxy) is 1. The quantitative estimate of drug-likeness (QED) is 0.581. The van der Waals surface area contributed by atoms with Gasteiger partial charge in [0.05, 0.1) is 18.7 Å². The Hall–Kier alpha value is -2.07. The zero-order chi connectivity index (χ0) is 16.7. The fraction of sp³-hybridized carbons (Fsp3) is 0.250. The predicted molar refractivity (Wildman–Crippen MR) is 98.3 cm³/mol. The van der Waals surface area contributed by atoms with Gasteiger partial charge in [0, 0.05) is 16.1 Å². The summed E-state index contributed by atoms with van der Waals surface area (Å²) in [6.07, 6.45) is 5.57. The van der Waals surface area contributed by atoms with Crippen molar-refractivity contribution < 1.29 is 9.53 Å². The van der Waals surface area contributed by atoms with Crippen LogP contribution in [-0.2, 0) is 4.74 Å². The van der Waals surface area contributed by atoms with Crippen molar-refractivity contribution in [2.24, 2.45) is 5.92 Å². The van der Waals surface area contributed by atoms with Crippen molar-refractivity contribution in [1.29, 1.82) is 0 Å². The standard InChI is InChI=1S/C20H18BrNO2/c1-24-20(23)13-7-10-18-17(11-13)15-3-2-4-16(15)19(22-18)12-5-8-14(21)9-6-12/h2-3,5-11,15-16,19,22H,4H2,1H3/t15-,16-,19+/m0/s1. The molecule has 0 fully saturated rings. The molecule has 1 aliphatic carbocycles. The van der Waals surface area contributed by atoms with Gasteiger partial charge >= 0.3 is 5.97 Å². The van der Waals surface area contributed by atoms with Crippen molar-refractivity contribution in [3.8, 4) is 0 Å². The Labute approximate surface area is 149 Å². The number of nitrogens with one attached hydrogen (secondary N) is 1. The fourth-order valence-corrected chi connectivity index (χ4v) is 4.10. The van der Waals surface area contributed by atoms with E-state index in [9.17, 15) is 4.79 Å². The molecule has 2 aliphatic rings. The van der Waals surface area contributed by atoms with Crippen LogP contribution in [0.4, 0.5) is 5.69 Å². The van der Waals surface area contributed by atoms with Crippen molar-refractivity contribution in [2.45, 2.75) is 18.4 Å². The summed E-state index contributed by atoms with van der Waals surface area (Å²) in [5.74, 6) is 0.512. The number of carbonyl (C=O) groups is 1. The maximum absolute atomic E-state index is 11.8. The van der Waals surface area contributed by atoms with E-state index in [1.807, 2.05) is 18.2 Å². The molecule has 2 aromatic rings. The van der Waals surface area contributed by atoms with Crippen LogP contribution in [0.2, 0.25) is 0 Å². The van der Waals surface area contributed by atoms with E-state index >= 15 is 0 Å². The van der Waals surface area contributed by atoms with Crippen molar-refractivity contribution in [1.82, 2.24) is 0 Å². The third-order valence-corrected chi connectivity index (χ3v) is 5.54. The number of fused-ring (bicyclic) bond motifs is 3. The Kier molecular flexibility index (Phi) is 3.93. The maximum atomic E-state index is 11.8. The predicted octanol–water partition coefficient (Wildman–Crippen LogP) is 5.06. The summed E-state index contributed by atoms with van der Waals surface area (Å²) in [6.45, 7) is 0. The number of methoxy groups -OCH3 is 1. The Morgan fingerprint density at radius 2 is 2.00 bits per heavy atom. The minimum Gasteiger partial charge on any atom is -0.465 e. The summed E-state index contributed by atoms with van der Waals surface area (Å²) < 4.78 is 5.95. The van der Waals surface area contributed by atoms with Crippen molar-refractivity contribution in [3.05, 3.63) is 75.8 Å². The molecule has 0 radical (unpaired) electrons. The minimum absolute atomic E-state index is 0.273. The first-order valence-electron chi connectivity index (χ1n) is 8.08. The summed E-state index contributed by atoms with van der Waals surface area (Å²) in [7, 11) is 1.42. The van der Waals surface area contributed by atoms with Crippen LogP contribution in [0.25, 0.3) is 0 Å². The number of halogens is 1. The summed E-state index contributed by atoms with van der Waals surface area (Å²) in [5.41, 5.74) is 4.19. The average molecular weight is 384 g/mol. The number of hydrogen-bond donors (Lipinski definition) is 1. The highest BCUT2D eigenvalue weighted by molar-refractivity contribution is 9.10. The topological polar surface area (TPSA) is 38.3 Å². The number of carbonyl (C=O) groups excluding carboxylic acids is 1. The molecule has 3 atom stereocenters. The molecule has 3 nitrogen and oxygen atoms in total. The molecule has 2 aromatic carbocycles. The molecule has 0 aromatic heterocycles. The first-order valence-corrected chi connectivity index (χ1v) is 8.87. The van der Waals surface area contributed by atoms with Gasteiger partial charge in [-0.15, -0.1) is 0 Å². The van der Waals surface area contributed by atoms with E-state index in [1.54, 1.807) is 0 Å². The van der Waals surface area contributed by atoms with Gasteiger partial charge in [-0.1, -0.05) is 40.2 Å². The molecule has 0 spiro atoms. The SMILES string of the molecule is COC(=O)c1ccc2c(c1)[C@H]1C=CC[C@@H]1[C@@H](c1ccc(Br)cc1)N2. The van der Waals surface area contributed by atoms with Gasteiger partial charge in [-0.05, 0) is 53.8 Å². The Bertz CT molecular complexity index is 813. The van der Waals surface area contributed by atoms with E-state index in [0.717, 1.165) is 16.6 Å². The normalized spacial score (nSPS) is 24.0. The van der Waals surface area contributed by atoms with Gasteiger partial charge in [0.2, 0.25) is 0 Å². The molecule has 1 N–H and O–H groups in total. The highest BCUT2D eigenvalue weighted by atomic mass is 79.9. The van der Waals surface area contributed by atoms with Gasteiger partial charge < -0.3 is 10.1 Å². The number of allylic oxidation sites excluding steroid dienone is 2. The number of hydrogen-bond acceptors (Lipinski definition) is 3. The van der Waals surface area contributed by atoms with Crippen molar-refractivity contribution >= 4 is 27.6 Å².